The van der Waals surface area contributed by atoms with Crippen LogP contribution in [0.25, 0.3) is 0 Å². The summed E-state index contributed by atoms with van der Waals surface area (Å²) in [6.45, 7) is 2.58. The summed E-state index contributed by atoms with van der Waals surface area (Å²) in [4.78, 5) is 14.9. The van der Waals surface area contributed by atoms with Crippen molar-refractivity contribution in [2.45, 2.75) is 13.0 Å². The minimum Gasteiger partial charge on any atom is -0.495 e. The van der Waals surface area contributed by atoms with Crippen molar-refractivity contribution in [2.75, 3.05) is 25.5 Å². The van der Waals surface area contributed by atoms with E-state index >= 15 is 0 Å². The summed E-state index contributed by atoms with van der Waals surface area (Å²) in [5.74, 6) is 0.621. The third-order valence-corrected chi connectivity index (χ3v) is 4.55. The molecule has 0 radical (unpaired) electrons. The van der Waals surface area contributed by atoms with Crippen LogP contribution in [-0.2, 0) is 11.3 Å². The molecule has 1 aliphatic rings. The quantitative estimate of drug-likeness (QED) is 0.896. The SMILES string of the molecule is COc1ccc(Cl)cc1NC(=O)C1CCN(Cc2ccccc2)C1. The molecule has 126 valence electrons. The number of benzene rings is 2. The summed E-state index contributed by atoms with van der Waals surface area (Å²) in [6.07, 6.45) is 0.863. The van der Waals surface area contributed by atoms with E-state index < -0.39 is 0 Å². The molecule has 1 unspecified atom stereocenters. The van der Waals surface area contributed by atoms with Gasteiger partial charge in [0, 0.05) is 18.1 Å². The van der Waals surface area contributed by atoms with Crippen molar-refractivity contribution < 1.29 is 9.53 Å². The number of hydrogen-bond acceptors (Lipinski definition) is 3. The van der Waals surface area contributed by atoms with Crippen LogP contribution in [0.15, 0.2) is 48.5 Å². The van der Waals surface area contributed by atoms with Crippen LogP contribution < -0.4 is 10.1 Å². The Bertz CT molecular complexity index is 706. The van der Waals surface area contributed by atoms with E-state index in [0.717, 1.165) is 26.1 Å². The van der Waals surface area contributed by atoms with E-state index in [2.05, 4.69) is 22.3 Å². The molecule has 0 aromatic heterocycles. The predicted molar refractivity (Wildman–Crippen MR) is 96.5 cm³/mol. The van der Waals surface area contributed by atoms with Crippen LogP contribution >= 0.6 is 11.6 Å². The minimum absolute atomic E-state index is 0.0163. The van der Waals surface area contributed by atoms with Gasteiger partial charge in [0.25, 0.3) is 0 Å². The highest BCUT2D eigenvalue weighted by molar-refractivity contribution is 6.31. The molecule has 24 heavy (non-hydrogen) atoms. The molecule has 1 heterocycles. The first-order valence-corrected chi connectivity index (χ1v) is 8.44. The maximum Gasteiger partial charge on any atom is 0.228 e. The fraction of sp³-hybridized carbons (Fsp3) is 0.316. The van der Waals surface area contributed by atoms with Gasteiger partial charge in [-0.05, 0) is 36.7 Å². The lowest BCUT2D eigenvalue weighted by Gasteiger charge is -2.16. The lowest BCUT2D eigenvalue weighted by atomic mass is 10.1. The fourth-order valence-electron chi connectivity index (χ4n) is 3.04. The van der Waals surface area contributed by atoms with Gasteiger partial charge >= 0.3 is 0 Å². The third-order valence-electron chi connectivity index (χ3n) is 4.31. The first-order valence-electron chi connectivity index (χ1n) is 8.06. The number of halogens is 1. The van der Waals surface area contributed by atoms with Gasteiger partial charge in [0.1, 0.15) is 5.75 Å². The number of nitrogens with zero attached hydrogens (tertiary/aromatic N) is 1. The largest absolute Gasteiger partial charge is 0.495 e. The second kappa shape index (κ2) is 7.69. The van der Waals surface area contributed by atoms with E-state index in [-0.39, 0.29) is 11.8 Å². The number of anilines is 1. The molecule has 5 heteroatoms. The zero-order valence-corrected chi connectivity index (χ0v) is 14.4. The Hall–Kier alpha value is -2.04. The molecule has 0 spiro atoms. The molecule has 1 atom stereocenters. The van der Waals surface area contributed by atoms with Crippen LogP contribution in [0.5, 0.6) is 5.75 Å². The summed E-state index contributed by atoms with van der Waals surface area (Å²) in [6, 6.07) is 15.6. The molecule has 0 saturated carbocycles. The van der Waals surface area contributed by atoms with Gasteiger partial charge in [-0.25, -0.2) is 0 Å². The highest BCUT2D eigenvalue weighted by Gasteiger charge is 2.28. The Kier molecular flexibility index (Phi) is 5.38. The van der Waals surface area contributed by atoms with E-state index in [1.807, 2.05) is 18.2 Å². The Morgan fingerprint density at radius 1 is 1.29 bits per heavy atom. The van der Waals surface area contributed by atoms with Crippen LogP contribution in [-0.4, -0.2) is 31.0 Å². The molecule has 3 rings (SSSR count). The summed E-state index contributed by atoms with van der Waals surface area (Å²) in [5, 5.41) is 3.53. The highest BCUT2D eigenvalue weighted by atomic mass is 35.5. The number of nitrogens with one attached hydrogen (secondary N) is 1. The van der Waals surface area contributed by atoms with Gasteiger partial charge in [0.15, 0.2) is 0 Å². The first kappa shape index (κ1) is 16.8. The molecular formula is C19H21ClN2O2. The van der Waals surface area contributed by atoms with Crippen molar-refractivity contribution in [2.24, 2.45) is 5.92 Å². The van der Waals surface area contributed by atoms with Gasteiger partial charge in [-0.2, -0.15) is 0 Å². The van der Waals surface area contributed by atoms with E-state index in [1.54, 1.807) is 25.3 Å². The Morgan fingerprint density at radius 2 is 2.08 bits per heavy atom. The standard InChI is InChI=1S/C19H21ClN2O2/c1-24-18-8-7-16(20)11-17(18)21-19(23)15-9-10-22(13-15)12-14-5-3-2-4-6-14/h2-8,11,15H,9-10,12-13H2,1H3,(H,21,23). The number of amides is 1. The number of carbonyl (C=O) groups is 1. The van der Waals surface area contributed by atoms with Gasteiger partial charge in [-0.1, -0.05) is 41.9 Å². The van der Waals surface area contributed by atoms with E-state index in [4.69, 9.17) is 16.3 Å². The minimum atomic E-state index is -0.0163. The monoisotopic (exact) mass is 344 g/mol. The van der Waals surface area contributed by atoms with Crippen molar-refractivity contribution in [3.05, 3.63) is 59.1 Å². The number of methoxy groups -OCH3 is 1. The Morgan fingerprint density at radius 3 is 2.83 bits per heavy atom. The van der Waals surface area contributed by atoms with E-state index in [0.29, 0.717) is 16.5 Å². The second-order valence-corrected chi connectivity index (χ2v) is 6.48. The van der Waals surface area contributed by atoms with Crippen molar-refractivity contribution in [3.8, 4) is 5.75 Å². The normalized spacial score (nSPS) is 17.7. The second-order valence-electron chi connectivity index (χ2n) is 6.04. The maximum absolute atomic E-state index is 12.6. The van der Waals surface area contributed by atoms with Gasteiger partial charge < -0.3 is 10.1 Å². The summed E-state index contributed by atoms with van der Waals surface area (Å²) >= 11 is 6.02. The maximum atomic E-state index is 12.6. The smallest absolute Gasteiger partial charge is 0.228 e. The molecule has 1 N–H and O–H groups in total. The first-order chi connectivity index (χ1) is 11.7. The van der Waals surface area contributed by atoms with E-state index in [1.165, 1.54) is 5.56 Å². The van der Waals surface area contributed by atoms with Crippen LogP contribution in [0.4, 0.5) is 5.69 Å². The molecule has 4 nitrogen and oxygen atoms in total. The third kappa shape index (κ3) is 4.08. The van der Waals surface area contributed by atoms with Crippen LogP contribution in [0.1, 0.15) is 12.0 Å². The number of likely N-dealkylation sites (tertiary alicyclic amines) is 1. The van der Waals surface area contributed by atoms with Crippen LogP contribution in [0.3, 0.4) is 0 Å². The molecule has 0 bridgehead atoms. The van der Waals surface area contributed by atoms with Gasteiger partial charge in [-0.15, -0.1) is 0 Å². The number of hydrogen-bond donors (Lipinski definition) is 1. The summed E-state index contributed by atoms with van der Waals surface area (Å²) < 4.78 is 5.28. The zero-order chi connectivity index (χ0) is 16.9. The highest BCUT2D eigenvalue weighted by Crippen LogP contribution is 2.29. The lowest BCUT2D eigenvalue weighted by molar-refractivity contribution is -0.119. The molecule has 1 amide bonds. The molecule has 2 aromatic rings. The topological polar surface area (TPSA) is 41.6 Å². The average Bonchev–Trinajstić information content (AvgIpc) is 3.05. The number of carbonyl (C=O) groups excluding carboxylic acids is 1. The summed E-state index contributed by atoms with van der Waals surface area (Å²) in [7, 11) is 1.58. The molecule has 1 aliphatic heterocycles. The summed E-state index contributed by atoms with van der Waals surface area (Å²) in [5.41, 5.74) is 1.89. The van der Waals surface area contributed by atoms with Crippen molar-refractivity contribution in [1.29, 1.82) is 0 Å². The van der Waals surface area contributed by atoms with Crippen molar-refractivity contribution in [3.63, 3.8) is 0 Å². The van der Waals surface area contributed by atoms with Crippen LogP contribution in [0.2, 0.25) is 5.02 Å². The Balaban J connectivity index is 1.60. The zero-order valence-electron chi connectivity index (χ0n) is 13.7. The van der Waals surface area contributed by atoms with Crippen molar-refractivity contribution >= 4 is 23.2 Å². The number of rotatable bonds is 5. The van der Waals surface area contributed by atoms with Crippen LogP contribution in [0, 0.1) is 5.92 Å². The predicted octanol–water partition coefficient (Wildman–Crippen LogP) is 3.81. The van der Waals surface area contributed by atoms with E-state index in [9.17, 15) is 4.79 Å². The molecule has 1 fully saturated rings. The Labute approximate surface area is 147 Å². The molecule has 1 saturated heterocycles. The molecule has 0 aliphatic carbocycles. The van der Waals surface area contributed by atoms with Gasteiger partial charge in [0.05, 0.1) is 18.7 Å². The van der Waals surface area contributed by atoms with Crippen molar-refractivity contribution in [1.82, 2.24) is 4.90 Å². The lowest BCUT2D eigenvalue weighted by Crippen LogP contribution is -2.27. The molecule has 2 aromatic carbocycles. The molecular weight excluding hydrogens is 324 g/mol. The fourth-order valence-corrected chi connectivity index (χ4v) is 3.22. The average molecular weight is 345 g/mol. The van der Waals surface area contributed by atoms with Gasteiger partial charge in [-0.3, -0.25) is 9.69 Å². The number of ether oxygens (including phenoxy) is 1. The van der Waals surface area contributed by atoms with Gasteiger partial charge in [0.2, 0.25) is 5.91 Å².